The molecule has 6 heteroatoms. The number of carbonyl (C=O) groups is 1. The highest BCUT2D eigenvalue weighted by molar-refractivity contribution is 6.18. The van der Waals surface area contributed by atoms with Crippen LogP contribution in [0, 0.1) is 11.6 Å². The molecule has 0 aliphatic rings. The first-order valence-corrected chi connectivity index (χ1v) is 6.72. The van der Waals surface area contributed by atoms with Gasteiger partial charge in [-0.1, -0.05) is 18.2 Å². The van der Waals surface area contributed by atoms with Crippen molar-refractivity contribution in [2.45, 2.75) is 6.92 Å². The molecule has 23 heavy (non-hydrogen) atoms. The Balaban J connectivity index is 2.21. The lowest BCUT2D eigenvalue weighted by molar-refractivity contribution is -0.112. The molecule has 0 fully saturated rings. The normalized spacial score (nSPS) is 12.1. The zero-order valence-corrected chi connectivity index (χ0v) is 12.3. The van der Waals surface area contributed by atoms with Crippen LogP contribution in [0.1, 0.15) is 6.92 Å². The quantitative estimate of drug-likeness (QED) is 0.506. The van der Waals surface area contributed by atoms with Gasteiger partial charge in [0.1, 0.15) is 11.6 Å². The smallest absolute Gasteiger partial charge is 0.260 e. The number of rotatable bonds is 4. The van der Waals surface area contributed by atoms with Crippen LogP contribution in [0.5, 0.6) is 0 Å². The molecule has 1 amide bonds. The number of hydrogen-bond acceptors (Lipinski definition) is 3. The van der Waals surface area contributed by atoms with Gasteiger partial charge in [-0.2, -0.15) is 0 Å². The van der Waals surface area contributed by atoms with Crippen LogP contribution in [0.25, 0.3) is 0 Å². The lowest BCUT2D eigenvalue weighted by atomic mass is 10.2. The zero-order valence-electron chi connectivity index (χ0n) is 12.3. The average Bonchev–Trinajstić information content (AvgIpc) is 2.50. The Hall–Kier alpha value is -3.02. The topological polar surface area (TPSA) is 61.7 Å². The van der Waals surface area contributed by atoms with E-state index in [1.807, 2.05) is 0 Å². The molecule has 0 saturated carbocycles. The predicted molar refractivity (Wildman–Crippen MR) is 84.9 cm³/mol. The van der Waals surface area contributed by atoms with Crippen LogP contribution in [0.2, 0.25) is 0 Å². The Bertz CT molecular complexity index is 767. The first-order chi connectivity index (χ1) is 11.0. The molecule has 2 rings (SSSR count). The van der Waals surface area contributed by atoms with Gasteiger partial charge < -0.3 is 10.4 Å². The summed E-state index contributed by atoms with van der Waals surface area (Å²) in [6.45, 7) is 1.31. The van der Waals surface area contributed by atoms with Crippen molar-refractivity contribution in [3.63, 3.8) is 0 Å². The highest BCUT2D eigenvalue weighted by Crippen LogP contribution is 2.18. The van der Waals surface area contributed by atoms with E-state index >= 15 is 0 Å². The molecule has 2 aromatic carbocycles. The molecule has 0 aliphatic carbocycles. The number of aliphatic imine (C=N–C) groups is 1. The third-order valence-corrected chi connectivity index (χ3v) is 2.91. The van der Waals surface area contributed by atoms with Crippen LogP contribution in [-0.2, 0) is 4.79 Å². The van der Waals surface area contributed by atoms with Gasteiger partial charge >= 0.3 is 0 Å². The number of anilines is 1. The van der Waals surface area contributed by atoms with Crippen LogP contribution < -0.4 is 5.32 Å². The van der Waals surface area contributed by atoms with Crippen LogP contribution in [0.3, 0.4) is 0 Å². The Morgan fingerprint density at radius 1 is 1.17 bits per heavy atom. The molecule has 0 spiro atoms. The average molecular weight is 316 g/mol. The SMILES string of the molecule is C/C(O)=C(\C=Nc1ccc(F)cc1F)C(=O)Nc1ccccc1. The number of allylic oxidation sites excluding steroid dienone is 1. The van der Waals surface area contributed by atoms with Crippen molar-refractivity contribution in [2.24, 2.45) is 4.99 Å². The van der Waals surface area contributed by atoms with E-state index in [-0.39, 0.29) is 17.0 Å². The Morgan fingerprint density at radius 2 is 1.87 bits per heavy atom. The summed E-state index contributed by atoms with van der Waals surface area (Å²) in [7, 11) is 0. The van der Waals surface area contributed by atoms with Gasteiger partial charge in [-0.25, -0.2) is 8.78 Å². The molecule has 0 aromatic heterocycles. The van der Waals surface area contributed by atoms with E-state index in [4.69, 9.17) is 0 Å². The van der Waals surface area contributed by atoms with E-state index in [1.165, 1.54) is 6.92 Å². The highest BCUT2D eigenvalue weighted by atomic mass is 19.1. The summed E-state index contributed by atoms with van der Waals surface area (Å²) in [6.07, 6.45) is 1.03. The van der Waals surface area contributed by atoms with Crippen LogP contribution in [0.15, 0.2) is 64.9 Å². The highest BCUT2D eigenvalue weighted by Gasteiger charge is 2.12. The first kappa shape index (κ1) is 16.4. The van der Waals surface area contributed by atoms with E-state index in [0.29, 0.717) is 11.8 Å². The van der Waals surface area contributed by atoms with Crippen LogP contribution >= 0.6 is 0 Å². The van der Waals surface area contributed by atoms with Gasteiger partial charge in [-0.05, 0) is 31.2 Å². The maximum absolute atomic E-state index is 13.5. The molecule has 0 atom stereocenters. The molecule has 0 radical (unpaired) electrons. The van der Waals surface area contributed by atoms with E-state index in [0.717, 1.165) is 18.3 Å². The summed E-state index contributed by atoms with van der Waals surface area (Å²) >= 11 is 0. The van der Waals surface area contributed by atoms with Gasteiger partial charge in [0.25, 0.3) is 5.91 Å². The van der Waals surface area contributed by atoms with Gasteiger partial charge in [-0.3, -0.25) is 9.79 Å². The molecule has 2 aromatic rings. The molecule has 0 bridgehead atoms. The molecular formula is C17H14F2N2O2. The summed E-state index contributed by atoms with van der Waals surface area (Å²) in [6, 6.07) is 11.5. The number of para-hydroxylation sites is 1. The maximum atomic E-state index is 13.5. The van der Waals surface area contributed by atoms with Gasteiger partial charge in [-0.15, -0.1) is 0 Å². The fourth-order valence-corrected chi connectivity index (χ4v) is 1.76. The van der Waals surface area contributed by atoms with Crippen molar-refractivity contribution >= 4 is 23.5 Å². The number of halogens is 2. The Morgan fingerprint density at radius 3 is 2.48 bits per heavy atom. The fraction of sp³-hybridized carbons (Fsp3) is 0.0588. The number of hydrogen-bond donors (Lipinski definition) is 2. The second kappa shape index (κ2) is 7.31. The summed E-state index contributed by atoms with van der Waals surface area (Å²) in [4.78, 5) is 15.9. The van der Waals surface area contributed by atoms with Crippen molar-refractivity contribution in [2.75, 3.05) is 5.32 Å². The molecule has 2 N–H and O–H groups in total. The number of benzene rings is 2. The number of nitrogens with one attached hydrogen (secondary N) is 1. The van der Waals surface area contributed by atoms with Gasteiger partial charge in [0.15, 0.2) is 5.82 Å². The van der Waals surface area contributed by atoms with Gasteiger partial charge in [0, 0.05) is 18.0 Å². The van der Waals surface area contributed by atoms with E-state index in [1.54, 1.807) is 30.3 Å². The second-order valence-corrected chi connectivity index (χ2v) is 4.67. The molecule has 0 saturated heterocycles. The van der Waals surface area contributed by atoms with Crippen molar-refractivity contribution in [3.05, 3.63) is 71.5 Å². The summed E-state index contributed by atoms with van der Waals surface area (Å²) < 4.78 is 26.4. The van der Waals surface area contributed by atoms with Crippen molar-refractivity contribution in [1.29, 1.82) is 0 Å². The third kappa shape index (κ3) is 4.47. The first-order valence-electron chi connectivity index (χ1n) is 6.72. The minimum atomic E-state index is -0.861. The molecule has 0 heterocycles. The van der Waals surface area contributed by atoms with Crippen LogP contribution in [-0.4, -0.2) is 17.2 Å². The van der Waals surface area contributed by atoms with Gasteiger partial charge in [0.2, 0.25) is 0 Å². The summed E-state index contributed by atoms with van der Waals surface area (Å²) in [5.41, 5.74) is 0.271. The lowest BCUT2D eigenvalue weighted by Crippen LogP contribution is -2.16. The second-order valence-electron chi connectivity index (χ2n) is 4.67. The monoisotopic (exact) mass is 316 g/mol. The molecule has 0 unspecified atom stereocenters. The zero-order chi connectivity index (χ0) is 16.8. The van der Waals surface area contributed by atoms with E-state index in [9.17, 15) is 18.7 Å². The molecular weight excluding hydrogens is 302 g/mol. The maximum Gasteiger partial charge on any atom is 0.260 e. The van der Waals surface area contributed by atoms with Crippen molar-refractivity contribution in [1.82, 2.24) is 0 Å². The lowest BCUT2D eigenvalue weighted by Gasteiger charge is -2.06. The number of carbonyl (C=O) groups excluding carboxylic acids is 1. The third-order valence-electron chi connectivity index (χ3n) is 2.91. The minimum absolute atomic E-state index is 0.127. The fourth-order valence-electron chi connectivity index (χ4n) is 1.76. The number of nitrogens with zero attached hydrogens (tertiary/aromatic N) is 1. The number of aliphatic hydroxyl groups is 1. The Labute approximate surface area is 131 Å². The van der Waals surface area contributed by atoms with E-state index in [2.05, 4.69) is 10.3 Å². The number of amides is 1. The molecule has 0 aliphatic heterocycles. The summed E-state index contributed by atoms with van der Waals surface area (Å²) in [5, 5.41) is 12.2. The van der Waals surface area contributed by atoms with Gasteiger partial charge in [0.05, 0.1) is 11.3 Å². The van der Waals surface area contributed by atoms with Crippen LogP contribution in [0.4, 0.5) is 20.2 Å². The Kier molecular flexibility index (Phi) is 5.19. The van der Waals surface area contributed by atoms with Crippen molar-refractivity contribution in [3.8, 4) is 0 Å². The number of aliphatic hydroxyl groups excluding tert-OH is 1. The largest absolute Gasteiger partial charge is 0.512 e. The summed E-state index contributed by atoms with van der Waals surface area (Å²) in [5.74, 6) is -2.45. The van der Waals surface area contributed by atoms with E-state index < -0.39 is 17.5 Å². The standard InChI is InChI=1S/C17H14F2N2O2/c1-11(22)14(17(23)21-13-5-3-2-4-6-13)10-20-16-8-7-12(18)9-15(16)19/h2-10,22H,1H3,(H,21,23)/b14-11-,20-10?. The molecule has 118 valence electrons. The molecule has 4 nitrogen and oxygen atoms in total. The van der Waals surface area contributed by atoms with Crippen molar-refractivity contribution < 1.29 is 18.7 Å². The predicted octanol–water partition coefficient (Wildman–Crippen LogP) is 4.14. The minimum Gasteiger partial charge on any atom is -0.512 e.